The Kier molecular flexibility index (Phi) is 3.11. The van der Waals surface area contributed by atoms with Gasteiger partial charge in [-0.25, -0.2) is 15.0 Å². The van der Waals surface area contributed by atoms with Crippen LogP contribution in [-0.4, -0.2) is 32.3 Å². The maximum Gasteiger partial charge on any atom is 0.199 e. The first-order valence-electron chi connectivity index (χ1n) is 4.39. The molecule has 0 saturated carbocycles. The van der Waals surface area contributed by atoms with Gasteiger partial charge in [-0.15, -0.1) is 0 Å². The second-order valence-corrected chi connectivity index (χ2v) is 3.75. The molecule has 0 unspecified atom stereocenters. The lowest BCUT2D eigenvalue weighted by atomic mass is 10.4. The minimum absolute atomic E-state index is 0.341. The fourth-order valence-corrected chi connectivity index (χ4v) is 1.46. The number of aromatic amines is 1. The highest BCUT2D eigenvalue weighted by Gasteiger charge is 2.12. The molecule has 2 rings (SSSR count). The number of nitrogen functional groups attached to an aromatic ring is 1. The van der Waals surface area contributed by atoms with E-state index in [0.717, 1.165) is 0 Å². The summed E-state index contributed by atoms with van der Waals surface area (Å²) >= 11 is 3.30. The molecule has 2 aromatic rings. The van der Waals surface area contributed by atoms with E-state index in [1.54, 1.807) is 7.11 Å². The van der Waals surface area contributed by atoms with E-state index in [2.05, 4.69) is 41.1 Å². The second kappa shape index (κ2) is 4.54. The number of anilines is 1. The van der Waals surface area contributed by atoms with Gasteiger partial charge < -0.3 is 10.5 Å². The van der Waals surface area contributed by atoms with E-state index in [4.69, 9.17) is 10.5 Å². The second-order valence-electron chi connectivity index (χ2n) is 2.96. The van der Waals surface area contributed by atoms with Crippen LogP contribution in [0.4, 0.5) is 5.82 Å². The first kappa shape index (κ1) is 11.0. The quantitative estimate of drug-likeness (QED) is 0.862. The summed E-state index contributed by atoms with van der Waals surface area (Å²) in [7, 11) is 1.58. The maximum atomic E-state index is 5.74. The third-order valence-electron chi connectivity index (χ3n) is 1.85. The molecule has 0 amide bonds. The van der Waals surface area contributed by atoms with Gasteiger partial charge in [-0.2, -0.15) is 5.10 Å². The van der Waals surface area contributed by atoms with Crippen molar-refractivity contribution in [2.45, 2.75) is 6.61 Å². The first-order valence-corrected chi connectivity index (χ1v) is 5.18. The van der Waals surface area contributed by atoms with Gasteiger partial charge in [0.2, 0.25) is 0 Å². The van der Waals surface area contributed by atoms with Gasteiger partial charge in [0.1, 0.15) is 12.1 Å². The van der Waals surface area contributed by atoms with Gasteiger partial charge in [-0.3, -0.25) is 5.10 Å². The molecular weight excluding hydrogens is 276 g/mol. The van der Waals surface area contributed by atoms with Gasteiger partial charge >= 0.3 is 0 Å². The van der Waals surface area contributed by atoms with Crippen molar-refractivity contribution in [1.82, 2.24) is 25.1 Å². The summed E-state index contributed by atoms with van der Waals surface area (Å²) in [5, 5.41) is 6.40. The van der Waals surface area contributed by atoms with Crippen LogP contribution in [0.3, 0.4) is 0 Å². The van der Waals surface area contributed by atoms with Crippen LogP contribution in [-0.2, 0) is 11.3 Å². The summed E-state index contributed by atoms with van der Waals surface area (Å²) < 4.78 is 5.65. The maximum absolute atomic E-state index is 5.74. The molecule has 84 valence electrons. The minimum Gasteiger partial charge on any atom is -0.383 e. The molecular formula is C8H9BrN6O. The highest BCUT2D eigenvalue weighted by molar-refractivity contribution is 9.10. The van der Waals surface area contributed by atoms with Gasteiger partial charge in [0.25, 0.3) is 0 Å². The fourth-order valence-electron chi connectivity index (χ4n) is 1.16. The van der Waals surface area contributed by atoms with E-state index < -0.39 is 0 Å². The third-order valence-corrected chi connectivity index (χ3v) is 2.72. The summed E-state index contributed by atoms with van der Waals surface area (Å²) in [5.74, 6) is 1.20. The molecule has 0 aliphatic carbocycles. The Morgan fingerprint density at radius 1 is 1.50 bits per heavy atom. The number of aromatic nitrogens is 5. The number of nitrogens with one attached hydrogen (secondary N) is 1. The van der Waals surface area contributed by atoms with E-state index in [-0.39, 0.29) is 0 Å². The lowest BCUT2D eigenvalue weighted by molar-refractivity contribution is 0.181. The van der Waals surface area contributed by atoms with Crippen molar-refractivity contribution in [3.8, 4) is 11.6 Å². The Bertz CT molecular complexity index is 486. The minimum atomic E-state index is 0.341. The first-order chi connectivity index (χ1) is 7.72. The average molecular weight is 285 g/mol. The Labute approximate surface area is 99.6 Å². The molecule has 0 atom stereocenters. The topological polar surface area (TPSA) is 103 Å². The van der Waals surface area contributed by atoms with Gasteiger partial charge in [0.05, 0.1) is 16.8 Å². The standard InChI is InChI=1S/C8H9BrN6O/c1-16-2-4-5(9)6(10)14-8(13-4)7-11-3-12-15-7/h3H,2H2,1H3,(H2,10,13,14)(H,11,12,15). The molecule has 0 aliphatic rings. The van der Waals surface area contributed by atoms with Crippen molar-refractivity contribution in [2.75, 3.05) is 12.8 Å². The molecule has 0 fully saturated rings. The number of methoxy groups -OCH3 is 1. The number of hydrogen-bond donors (Lipinski definition) is 2. The van der Waals surface area contributed by atoms with Crippen LogP contribution in [0.2, 0.25) is 0 Å². The van der Waals surface area contributed by atoms with Crippen molar-refractivity contribution in [2.24, 2.45) is 0 Å². The molecule has 7 nitrogen and oxygen atoms in total. The highest BCUT2D eigenvalue weighted by Crippen LogP contribution is 2.23. The largest absolute Gasteiger partial charge is 0.383 e. The van der Waals surface area contributed by atoms with E-state index in [1.165, 1.54) is 6.33 Å². The number of nitrogens with two attached hydrogens (primary N) is 1. The smallest absolute Gasteiger partial charge is 0.199 e. The van der Waals surface area contributed by atoms with E-state index in [9.17, 15) is 0 Å². The van der Waals surface area contributed by atoms with Crippen LogP contribution in [0.1, 0.15) is 5.69 Å². The predicted octanol–water partition coefficient (Wildman–Crippen LogP) is 0.753. The normalized spacial score (nSPS) is 10.6. The molecule has 0 bridgehead atoms. The van der Waals surface area contributed by atoms with Crippen LogP contribution in [0.25, 0.3) is 11.6 Å². The number of hydrogen-bond acceptors (Lipinski definition) is 6. The van der Waals surface area contributed by atoms with Crippen molar-refractivity contribution < 1.29 is 4.74 Å². The lowest BCUT2D eigenvalue weighted by Crippen LogP contribution is -2.04. The Balaban J connectivity index is 2.48. The molecule has 0 radical (unpaired) electrons. The zero-order valence-corrected chi connectivity index (χ0v) is 10.0. The van der Waals surface area contributed by atoms with Crippen molar-refractivity contribution in [3.05, 3.63) is 16.5 Å². The number of H-pyrrole nitrogens is 1. The lowest BCUT2D eigenvalue weighted by Gasteiger charge is -2.06. The number of nitrogens with zero attached hydrogens (tertiary/aromatic N) is 4. The van der Waals surface area contributed by atoms with Gasteiger partial charge in [-0.05, 0) is 15.9 Å². The highest BCUT2D eigenvalue weighted by atomic mass is 79.9. The van der Waals surface area contributed by atoms with Crippen molar-refractivity contribution >= 4 is 21.7 Å². The van der Waals surface area contributed by atoms with E-state index in [0.29, 0.717) is 34.2 Å². The molecule has 0 aromatic carbocycles. The predicted molar refractivity (Wildman–Crippen MR) is 60.2 cm³/mol. The molecule has 2 heterocycles. The van der Waals surface area contributed by atoms with Crippen molar-refractivity contribution in [3.63, 3.8) is 0 Å². The van der Waals surface area contributed by atoms with Crippen LogP contribution >= 0.6 is 15.9 Å². The van der Waals surface area contributed by atoms with Crippen LogP contribution < -0.4 is 5.73 Å². The van der Waals surface area contributed by atoms with Gasteiger partial charge in [0.15, 0.2) is 11.6 Å². The molecule has 0 aliphatic heterocycles. The number of rotatable bonds is 3. The average Bonchev–Trinajstić information content (AvgIpc) is 2.78. The van der Waals surface area contributed by atoms with Crippen molar-refractivity contribution in [1.29, 1.82) is 0 Å². The van der Waals surface area contributed by atoms with Crippen LogP contribution in [0.15, 0.2) is 10.8 Å². The van der Waals surface area contributed by atoms with Crippen LogP contribution in [0.5, 0.6) is 0 Å². The summed E-state index contributed by atoms with van der Waals surface area (Å²) in [5.41, 5.74) is 6.41. The molecule has 0 saturated heterocycles. The monoisotopic (exact) mass is 284 g/mol. The van der Waals surface area contributed by atoms with Crippen LogP contribution in [0, 0.1) is 0 Å². The Morgan fingerprint density at radius 3 is 2.94 bits per heavy atom. The summed E-state index contributed by atoms with van der Waals surface area (Å²) in [6.45, 7) is 0.342. The molecule has 8 heteroatoms. The molecule has 16 heavy (non-hydrogen) atoms. The number of halogens is 1. The Morgan fingerprint density at radius 2 is 2.31 bits per heavy atom. The fraction of sp³-hybridized carbons (Fsp3) is 0.250. The van der Waals surface area contributed by atoms with E-state index in [1.807, 2.05) is 0 Å². The summed E-state index contributed by atoms with van der Waals surface area (Å²) in [6, 6.07) is 0. The molecule has 2 aromatic heterocycles. The third kappa shape index (κ3) is 2.02. The van der Waals surface area contributed by atoms with Gasteiger partial charge in [0, 0.05) is 7.11 Å². The van der Waals surface area contributed by atoms with Gasteiger partial charge in [-0.1, -0.05) is 0 Å². The molecule has 3 N–H and O–H groups in total. The zero-order valence-electron chi connectivity index (χ0n) is 8.44. The number of ether oxygens (including phenoxy) is 1. The van der Waals surface area contributed by atoms with E-state index >= 15 is 0 Å². The SMILES string of the molecule is COCc1nc(-c2ncn[nH]2)nc(N)c1Br. The zero-order chi connectivity index (χ0) is 11.5. The molecule has 0 spiro atoms. The summed E-state index contributed by atoms with van der Waals surface area (Å²) in [4.78, 5) is 12.3. The Hall–Kier alpha value is -1.54. The summed E-state index contributed by atoms with van der Waals surface area (Å²) in [6.07, 6.45) is 1.38.